The number of furan rings is 1. The lowest BCUT2D eigenvalue weighted by Crippen LogP contribution is -2.76. The minimum Gasteiger partial charge on any atom is -0.479 e. The predicted octanol–water partition coefficient (Wildman–Crippen LogP) is 2.32. The van der Waals surface area contributed by atoms with E-state index in [0.717, 1.165) is 0 Å². The highest BCUT2D eigenvalue weighted by Gasteiger charge is 2.66. The normalized spacial score (nSPS) is 27.0. The van der Waals surface area contributed by atoms with Gasteiger partial charge in [-0.3, -0.25) is 4.79 Å². The fraction of sp³-hybridized carbons (Fsp3) is 0.571. The van der Waals surface area contributed by atoms with E-state index in [2.05, 4.69) is 5.32 Å². The van der Waals surface area contributed by atoms with Gasteiger partial charge in [-0.25, -0.2) is 4.79 Å². The molecule has 116 valence electrons. The van der Waals surface area contributed by atoms with Gasteiger partial charge in [-0.1, -0.05) is 13.8 Å². The summed E-state index contributed by atoms with van der Waals surface area (Å²) < 4.78 is 10.5. The van der Waals surface area contributed by atoms with Gasteiger partial charge in [-0.05, 0) is 30.7 Å². The highest BCUT2D eigenvalue weighted by molar-refractivity contribution is 6.29. The molecule has 2 rings (SSSR count). The van der Waals surface area contributed by atoms with Gasteiger partial charge in [0.1, 0.15) is 5.54 Å². The average Bonchev–Trinajstić information content (AvgIpc) is 2.83. The van der Waals surface area contributed by atoms with Gasteiger partial charge in [-0.2, -0.15) is 0 Å². The number of carboxylic acids is 1. The molecule has 6 nitrogen and oxygen atoms in total. The van der Waals surface area contributed by atoms with Gasteiger partial charge in [0.2, 0.25) is 0 Å². The molecule has 0 spiro atoms. The summed E-state index contributed by atoms with van der Waals surface area (Å²) in [4.78, 5) is 23.9. The smallest absolute Gasteiger partial charge is 0.330 e. The van der Waals surface area contributed by atoms with Crippen LogP contribution in [0, 0.1) is 5.41 Å². The lowest BCUT2D eigenvalue weighted by atomic mass is 9.54. The number of hydrogen-bond donors (Lipinski definition) is 2. The summed E-state index contributed by atoms with van der Waals surface area (Å²) >= 11 is 5.62. The summed E-state index contributed by atoms with van der Waals surface area (Å²) in [6.07, 6.45) is -0.0114. The van der Waals surface area contributed by atoms with E-state index in [0.29, 0.717) is 6.61 Å². The maximum atomic E-state index is 12.2. The van der Waals surface area contributed by atoms with Crippen molar-refractivity contribution in [3.05, 3.63) is 23.1 Å². The molecule has 21 heavy (non-hydrogen) atoms. The zero-order valence-corrected chi connectivity index (χ0v) is 12.9. The van der Waals surface area contributed by atoms with Crippen molar-refractivity contribution in [1.29, 1.82) is 0 Å². The fourth-order valence-electron chi connectivity index (χ4n) is 2.73. The number of carboxylic acid groups (broad SMARTS) is 1. The SMILES string of the molecule is CCO[C@H]1C[C@](NC(=O)c2ccc(Cl)o2)(C(=O)O)C1(C)C. The molecule has 7 heteroatoms. The third-order valence-corrected chi connectivity index (χ3v) is 4.46. The molecule has 1 aliphatic carbocycles. The van der Waals surface area contributed by atoms with Crippen LogP contribution >= 0.6 is 11.6 Å². The van der Waals surface area contributed by atoms with Gasteiger partial charge in [-0.15, -0.1) is 0 Å². The molecule has 0 aliphatic heterocycles. The second-order valence-electron chi connectivity index (χ2n) is 5.64. The van der Waals surface area contributed by atoms with Crippen molar-refractivity contribution in [1.82, 2.24) is 5.32 Å². The van der Waals surface area contributed by atoms with Gasteiger partial charge in [0, 0.05) is 18.4 Å². The number of nitrogens with one attached hydrogen (secondary N) is 1. The minimum atomic E-state index is -1.39. The van der Waals surface area contributed by atoms with Crippen LogP contribution in [0.2, 0.25) is 5.22 Å². The predicted molar refractivity (Wildman–Crippen MR) is 75.4 cm³/mol. The van der Waals surface area contributed by atoms with Crippen LogP contribution in [0.4, 0.5) is 0 Å². The molecule has 2 N–H and O–H groups in total. The fourth-order valence-corrected chi connectivity index (χ4v) is 2.87. The Morgan fingerprint density at radius 1 is 1.52 bits per heavy atom. The van der Waals surface area contributed by atoms with E-state index in [1.165, 1.54) is 12.1 Å². The first-order chi connectivity index (χ1) is 9.74. The molecule has 0 saturated heterocycles. The van der Waals surface area contributed by atoms with Crippen molar-refractivity contribution in [2.24, 2.45) is 5.41 Å². The van der Waals surface area contributed by atoms with E-state index in [-0.39, 0.29) is 23.5 Å². The largest absolute Gasteiger partial charge is 0.479 e. The molecule has 0 bridgehead atoms. The Balaban J connectivity index is 2.22. The van der Waals surface area contributed by atoms with Crippen LogP contribution in [0.1, 0.15) is 37.7 Å². The lowest BCUT2D eigenvalue weighted by molar-refractivity contribution is -0.190. The molecule has 1 aromatic heterocycles. The molecule has 2 atom stereocenters. The summed E-state index contributed by atoms with van der Waals surface area (Å²) in [6, 6.07) is 2.83. The number of rotatable bonds is 5. The zero-order valence-electron chi connectivity index (χ0n) is 12.1. The maximum absolute atomic E-state index is 12.2. The number of amides is 1. The van der Waals surface area contributed by atoms with Crippen molar-refractivity contribution in [3.8, 4) is 0 Å². The van der Waals surface area contributed by atoms with Gasteiger partial charge in [0.05, 0.1) is 6.10 Å². The Bertz CT molecular complexity index is 567. The van der Waals surface area contributed by atoms with Crippen LogP contribution in [0.25, 0.3) is 0 Å². The quantitative estimate of drug-likeness (QED) is 0.870. The molecule has 1 amide bonds. The van der Waals surface area contributed by atoms with E-state index in [4.69, 9.17) is 20.8 Å². The molecule has 1 fully saturated rings. The molecule has 0 unspecified atom stereocenters. The van der Waals surface area contributed by atoms with E-state index >= 15 is 0 Å². The number of ether oxygens (including phenoxy) is 1. The molecular weight excluding hydrogens is 298 g/mol. The number of halogens is 1. The van der Waals surface area contributed by atoms with Crippen molar-refractivity contribution < 1.29 is 23.8 Å². The summed E-state index contributed by atoms with van der Waals surface area (Å²) in [5.41, 5.74) is -2.12. The van der Waals surface area contributed by atoms with Crippen molar-refractivity contribution in [2.75, 3.05) is 6.61 Å². The Morgan fingerprint density at radius 3 is 2.62 bits per heavy atom. The Labute approximate surface area is 127 Å². The number of carbonyl (C=O) groups excluding carboxylic acids is 1. The van der Waals surface area contributed by atoms with Crippen molar-refractivity contribution >= 4 is 23.5 Å². The highest BCUT2D eigenvalue weighted by Crippen LogP contribution is 2.51. The summed E-state index contributed by atoms with van der Waals surface area (Å²) in [5, 5.41) is 12.2. The van der Waals surface area contributed by atoms with Crippen LogP contribution < -0.4 is 5.32 Å². The molecule has 1 saturated carbocycles. The standard InChI is InChI=1S/C14H18ClNO5/c1-4-20-9-7-14(12(18)19,13(9,2)3)16-11(17)8-5-6-10(15)21-8/h5-6,9H,4,7H2,1-3H3,(H,16,17)(H,18,19)/t9-,14-/m0/s1. The van der Waals surface area contributed by atoms with Crippen LogP contribution in [-0.4, -0.2) is 35.2 Å². The highest BCUT2D eigenvalue weighted by atomic mass is 35.5. The van der Waals surface area contributed by atoms with Gasteiger partial charge in [0.25, 0.3) is 5.91 Å². The van der Waals surface area contributed by atoms with E-state index in [9.17, 15) is 14.7 Å². The molecule has 0 aromatic carbocycles. The van der Waals surface area contributed by atoms with Crippen LogP contribution in [-0.2, 0) is 9.53 Å². The summed E-state index contributed by atoms with van der Waals surface area (Å²) in [7, 11) is 0. The number of carbonyl (C=O) groups is 2. The van der Waals surface area contributed by atoms with Crippen molar-refractivity contribution in [2.45, 2.75) is 38.8 Å². The van der Waals surface area contributed by atoms with E-state index in [1.54, 1.807) is 13.8 Å². The van der Waals surface area contributed by atoms with Crippen LogP contribution in [0.5, 0.6) is 0 Å². The third kappa shape index (κ3) is 2.42. The van der Waals surface area contributed by atoms with Crippen LogP contribution in [0.3, 0.4) is 0 Å². The number of aliphatic carboxylic acids is 1. The molecular formula is C14H18ClNO5. The van der Waals surface area contributed by atoms with E-state index in [1.807, 2.05) is 6.92 Å². The van der Waals surface area contributed by atoms with Crippen LogP contribution in [0.15, 0.2) is 16.5 Å². The first-order valence-corrected chi connectivity index (χ1v) is 7.05. The monoisotopic (exact) mass is 315 g/mol. The second-order valence-corrected chi connectivity index (χ2v) is 6.01. The Hall–Kier alpha value is -1.53. The lowest BCUT2D eigenvalue weighted by Gasteiger charge is -2.58. The first-order valence-electron chi connectivity index (χ1n) is 6.67. The molecule has 1 aliphatic rings. The third-order valence-electron chi connectivity index (χ3n) is 4.25. The Kier molecular flexibility index (Phi) is 4.04. The summed E-state index contributed by atoms with van der Waals surface area (Å²) in [5.74, 6) is -1.71. The topological polar surface area (TPSA) is 88.8 Å². The Morgan fingerprint density at radius 2 is 2.19 bits per heavy atom. The van der Waals surface area contributed by atoms with Crippen molar-refractivity contribution in [3.63, 3.8) is 0 Å². The van der Waals surface area contributed by atoms with Gasteiger partial charge < -0.3 is 19.6 Å². The molecule has 0 radical (unpaired) electrons. The molecule has 1 aromatic rings. The molecule has 1 heterocycles. The average molecular weight is 316 g/mol. The number of hydrogen-bond acceptors (Lipinski definition) is 4. The van der Waals surface area contributed by atoms with Gasteiger partial charge >= 0.3 is 5.97 Å². The van der Waals surface area contributed by atoms with E-state index < -0.39 is 22.8 Å². The van der Waals surface area contributed by atoms with Gasteiger partial charge in [0.15, 0.2) is 11.0 Å². The zero-order chi connectivity index (χ0) is 15.8. The summed E-state index contributed by atoms with van der Waals surface area (Å²) in [6.45, 7) is 5.87. The second kappa shape index (κ2) is 5.35. The first kappa shape index (κ1) is 15.9. The maximum Gasteiger partial charge on any atom is 0.330 e. The minimum absolute atomic E-state index is 0.0173.